The Labute approximate surface area is 176 Å². The van der Waals surface area contributed by atoms with E-state index in [-0.39, 0.29) is 17.9 Å². The van der Waals surface area contributed by atoms with Crippen molar-refractivity contribution in [2.45, 2.75) is 45.8 Å². The Kier molecular flexibility index (Phi) is 8.58. The first-order valence-corrected chi connectivity index (χ1v) is 10.1. The number of carbonyl (C=O) groups excluding carboxylic acids is 4. The molecule has 2 rings (SSSR count). The van der Waals surface area contributed by atoms with Gasteiger partial charge in [-0.3, -0.25) is 19.7 Å². The van der Waals surface area contributed by atoms with Crippen LogP contribution < -0.4 is 10.6 Å². The SMILES string of the molecule is CC(C)NC(=O)NC(=O)[C@@H](C)OC(=O)C1CCN(C(=O)/C=C/c2ccccc2)CC1. The zero-order valence-corrected chi connectivity index (χ0v) is 17.6. The molecule has 1 fully saturated rings. The fourth-order valence-electron chi connectivity index (χ4n) is 3.01. The summed E-state index contributed by atoms with van der Waals surface area (Å²) in [6.45, 7) is 5.83. The molecule has 0 unspecified atom stereocenters. The maximum atomic E-state index is 12.3. The van der Waals surface area contributed by atoms with Crippen molar-refractivity contribution in [1.82, 2.24) is 15.5 Å². The second-order valence-corrected chi connectivity index (χ2v) is 7.54. The number of imide groups is 1. The Morgan fingerprint density at radius 2 is 1.70 bits per heavy atom. The van der Waals surface area contributed by atoms with E-state index in [4.69, 9.17) is 4.74 Å². The fraction of sp³-hybridized carbons (Fsp3) is 0.455. The van der Waals surface area contributed by atoms with Crippen molar-refractivity contribution in [3.8, 4) is 0 Å². The molecule has 1 aliphatic rings. The van der Waals surface area contributed by atoms with Crippen LogP contribution in [0.1, 0.15) is 39.2 Å². The Morgan fingerprint density at radius 3 is 2.30 bits per heavy atom. The van der Waals surface area contributed by atoms with Gasteiger partial charge in [0.2, 0.25) is 5.91 Å². The number of ether oxygens (including phenoxy) is 1. The Hall–Kier alpha value is -3.16. The highest BCUT2D eigenvalue weighted by atomic mass is 16.5. The van der Waals surface area contributed by atoms with Gasteiger partial charge in [-0.1, -0.05) is 30.3 Å². The van der Waals surface area contributed by atoms with Gasteiger partial charge in [-0.25, -0.2) is 4.79 Å². The number of carbonyl (C=O) groups is 4. The number of nitrogens with one attached hydrogen (secondary N) is 2. The smallest absolute Gasteiger partial charge is 0.321 e. The van der Waals surface area contributed by atoms with Gasteiger partial charge >= 0.3 is 12.0 Å². The molecule has 1 aromatic carbocycles. The second-order valence-electron chi connectivity index (χ2n) is 7.54. The van der Waals surface area contributed by atoms with E-state index in [0.717, 1.165) is 5.56 Å². The Balaban J connectivity index is 1.76. The van der Waals surface area contributed by atoms with Gasteiger partial charge in [0.15, 0.2) is 6.10 Å². The Bertz CT molecular complexity index is 783. The maximum absolute atomic E-state index is 12.3. The lowest BCUT2D eigenvalue weighted by molar-refractivity contribution is -0.160. The van der Waals surface area contributed by atoms with Gasteiger partial charge in [-0.05, 0) is 45.3 Å². The normalized spacial score (nSPS) is 15.7. The number of amides is 4. The molecule has 1 heterocycles. The summed E-state index contributed by atoms with van der Waals surface area (Å²) in [5.41, 5.74) is 0.943. The highest BCUT2D eigenvalue weighted by Gasteiger charge is 2.30. The zero-order chi connectivity index (χ0) is 22.1. The molecule has 1 aromatic rings. The zero-order valence-electron chi connectivity index (χ0n) is 17.6. The highest BCUT2D eigenvalue weighted by Crippen LogP contribution is 2.20. The summed E-state index contributed by atoms with van der Waals surface area (Å²) in [5, 5.41) is 4.67. The van der Waals surface area contributed by atoms with Crippen LogP contribution in [0.3, 0.4) is 0 Å². The third-order valence-electron chi connectivity index (χ3n) is 4.68. The van der Waals surface area contributed by atoms with E-state index in [1.165, 1.54) is 13.0 Å². The molecule has 8 nitrogen and oxygen atoms in total. The molecule has 1 saturated heterocycles. The van der Waals surface area contributed by atoms with Gasteiger partial charge < -0.3 is 15.0 Å². The summed E-state index contributed by atoms with van der Waals surface area (Å²) in [6, 6.07) is 8.79. The van der Waals surface area contributed by atoms with E-state index in [9.17, 15) is 19.2 Å². The van der Waals surface area contributed by atoms with Crippen LogP contribution in [0.2, 0.25) is 0 Å². The van der Waals surface area contributed by atoms with E-state index in [1.54, 1.807) is 24.8 Å². The first-order valence-electron chi connectivity index (χ1n) is 10.1. The highest BCUT2D eigenvalue weighted by molar-refractivity contribution is 5.97. The largest absolute Gasteiger partial charge is 0.452 e. The molecular weight excluding hydrogens is 386 g/mol. The molecule has 1 aliphatic heterocycles. The first kappa shape index (κ1) is 23.1. The molecule has 1 atom stereocenters. The average molecular weight is 415 g/mol. The van der Waals surface area contributed by atoms with Crippen molar-refractivity contribution < 1.29 is 23.9 Å². The number of hydrogen-bond acceptors (Lipinski definition) is 5. The van der Waals surface area contributed by atoms with Crippen molar-refractivity contribution in [2.24, 2.45) is 5.92 Å². The summed E-state index contributed by atoms with van der Waals surface area (Å²) in [7, 11) is 0. The summed E-state index contributed by atoms with van der Waals surface area (Å²) in [6.07, 6.45) is 3.14. The van der Waals surface area contributed by atoms with Crippen molar-refractivity contribution in [1.29, 1.82) is 0 Å². The monoisotopic (exact) mass is 415 g/mol. The van der Waals surface area contributed by atoms with Crippen molar-refractivity contribution in [2.75, 3.05) is 13.1 Å². The van der Waals surface area contributed by atoms with E-state index in [0.29, 0.717) is 25.9 Å². The van der Waals surface area contributed by atoms with Crippen LogP contribution in [0.15, 0.2) is 36.4 Å². The van der Waals surface area contributed by atoms with Gasteiger partial charge in [-0.2, -0.15) is 0 Å². The Morgan fingerprint density at radius 1 is 1.07 bits per heavy atom. The van der Waals surface area contributed by atoms with Gasteiger partial charge in [0, 0.05) is 25.2 Å². The minimum absolute atomic E-state index is 0.102. The van der Waals surface area contributed by atoms with Gasteiger partial charge in [0.1, 0.15) is 0 Å². The molecule has 0 saturated carbocycles. The summed E-state index contributed by atoms with van der Waals surface area (Å²) in [5.74, 6) is -1.66. The van der Waals surface area contributed by atoms with Crippen LogP contribution >= 0.6 is 0 Å². The third kappa shape index (κ3) is 7.35. The van der Waals surface area contributed by atoms with Crippen LogP contribution in [-0.2, 0) is 19.1 Å². The van der Waals surface area contributed by atoms with Crippen molar-refractivity contribution in [3.63, 3.8) is 0 Å². The standard InChI is InChI=1S/C22H29N3O5/c1-15(2)23-22(29)24-20(27)16(3)30-21(28)18-11-13-25(14-12-18)19(26)10-9-17-7-5-4-6-8-17/h4-10,15-16,18H,11-14H2,1-3H3,(H2,23,24,27,29)/b10-9+/t16-/m1/s1. The summed E-state index contributed by atoms with van der Waals surface area (Å²) < 4.78 is 5.21. The van der Waals surface area contributed by atoms with E-state index >= 15 is 0 Å². The predicted molar refractivity (Wildman–Crippen MR) is 112 cm³/mol. The van der Waals surface area contributed by atoms with Crippen LogP contribution in [0.5, 0.6) is 0 Å². The molecule has 0 radical (unpaired) electrons. The predicted octanol–water partition coefficient (Wildman–Crippen LogP) is 2.10. The molecule has 4 amide bonds. The van der Waals surface area contributed by atoms with Gasteiger partial charge in [0.25, 0.3) is 5.91 Å². The quantitative estimate of drug-likeness (QED) is 0.547. The first-order chi connectivity index (χ1) is 14.3. The molecule has 30 heavy (non-hydrogen) atoms. The summed E-state index contributed by atoms with van der Waals surface area (Å²) >= 11 is 0. The number of urea groups is 1. The molecule has 0 aromatic heterocycles. The van der Waals surface area contributed by atoms with Crippen LogP contribution in [0, 0.1) is 5.92 Å². The minimum atomic E-state index is -1.08. The molecule has 8 heteroatoms. The number of nitrogens with zero attached hydrogens (tertiary/aromatic N) is 1. The number of benzene rings is 1. The van der Waals surface area contributed by atoms with Crippen LogP contribution in [0.4, 0.5) is 4.79 Å². The fourth-order valence-corrected chi connectivity index (χ4v) is 3.01. The van der Waals surface area contributed by atoms with E-state index in [1.807, 2.05) is 30.3 Å². The van der Waals surface area contributed by atoms with Gasteiger partial charge in [-0.15, -0.1) is 0 Å². The van der Waals surface area contributed by atoms with Crippen molar-refractivity contribution in [3.05, 3.63) is 42.0 Å². The molecule has 162 valence electrons. The maximum Gasteiger partial charge on any atom is 0.321 e. The lowest BCUT2D eigenvalue weighted by Gasteiger charge is -2.30. The van der Waals surface area contributed by atoms with E-state index in [2.05, 4.69) is 10.6 Å². The number of likely N-dealkylation sites (tertiary alicyclic amines) is 1. The minimum Gasteiger partial charge on any atom is -0.452 e. The van der Waals surface area contributed by atoms with E-state index < -0.39 is 24.0 Å². The summed E-state index contributed by atoms with van der Waals surface area (Å²) in [4.78, 5) is 49.9. The van der Waals surface area contributed by atoms with Crippen LogP contribution in [-0.4, -0.2) is 54.0 Å². The number of hydrogen-bond donors (Lipinski definition) is 2. The second kappa shape index (κ2) is 11.1. The average Bonchev–Trinajstić information content (AvgIpc) is 2.72. The third-order valence-corrected chi connectivity index (χ3v) is 4.68. The van der Waals surface area contributed by atoms with Crippen LogP contribution in [0.25, 0.3) is 6.08 Å². The molecule has 0 bridgehead atoms. The topological polar surface area (TPSA) is 105 Å². The number of piperidine rings is 1. The molecular formula is C22H29N3O5. The number of esters is 1. The lowest BCUT2D eigenvalue weighted by Crippen LogP contribution is -2.47. The molecule has 0 aliphatic carbocycles. The van der Waals surface area contributed by atoms with Gasteiger partial charge in [0.05, 0.1) is 5.92 Å². The number of rotatable bonds is 6. The molecule has 2 N–H and O–H groups in total. The van der Waals surface area contributed by atoms with Crippen molar-refractivity contribution >= 4 is 29.9 Å². The molecule has 0 spiro atoms. The lowest BCUT2D eigenvalue weighted by atomic mass is 9.97.